The van der Waals surface area contributed by atoms with Gasteiger partial charge in [-0.05, 0) is 6.92 Å². The summed E-state index contributed by atoms with van der Waals surface area (Å²) in [5.41, 5.74) is -1.69. The number of ether oxygens (including phenoxy) is 1. The summed E-state index contributed by atoms with van der Waals surface area (Å²) < 4.78 is 4.34. The summed E-state index contributed by atoms with van der Waals surface area (Å²) in [6, 6.07) is 0. The highest BCUT2D eigenvalue weighted by Crippen LogP contribution is 2.18. The van der Waals surface area contributed by atoms with Gasteiger partial charge in [0, 0.05) is 0 Å². The maximum Gasteiger partial charge on any atom is 0.340 e. The summed E-state index contributed by atoms with van der Waals surface area (Å²) in [7, 11) is 0. The Morgan fingerprint density at radius 1 is 1.89 bits per heavy atom. The predicted octanol–water partition coefficient (Wildman–Crippen LogP) is -1.34. The zero-order valence-electron chi connectivity index (χ0n) is 5.00. The predicted molar refractivity (Wildman–Crippen MR) is 27.6 cm³/mol. The summed E-state index contributed by atoms with van der Waals surface area (Å²) in [6.07, 6.45) is -1.08. The largest absolute Gasteiger partial charge is 0.461 e. The lowest BCUT2D eigenvalue weighted by atomic mass is 10.0. The quantitative estimate of drug-likeness (QED) is 0.400. The standard InChI is InChI=1S/C5H8O4/c1-5(8)3(6)2-9-4(5)7/h3,6,8H,2H2,1H3/t3-,5+/m1/s1. The molecule has 2 atom stereocenters. The third-order valence-corrected chi connectivity index (χ3v) is 1.43. The molecule has 1 fully saturated rings. The molecule has 9 heavy (non-hydrogen) atoms. The van der Waals surface area contributed by atoms with Crippen molar-refractivity contribution in [3.8, 4) is 0 Å². The Kier molecular flexibility index (Phi) is 1.22. The molecule has 0 aromatic heterocycles. The van der Waals surface area contributed by atoms with Gasteiger partial charge in [-0.3, -0.25) is 0 Å². The van der Waals surface area contributed by atoms with Gasteiger partial charge >= 0.3 is 5.97 Å². The summed E-state index contributed by atoms with van der Waals surface area (Å²) >= 11 is 0. The van der Waals surface area contributed by atoms with Gasteiger partial charge in [-0.1, -0.05) is 0 Å². The van der Waals surface area contributed by atoms with E-state index in [2.05, 4.69) is 4.74 Å². The van der Waals surface area contributed by atoms with Crippen molar-refractivity contribution in [2.24, 2.45) is 0 Å². The van der Waals surface area contributed by atoms with Crippen molar-refractivity contribution in [1.29, 1.82) is 0 Å². The van der Waals surface area contributed by atoms with Crippen molar-refractivity contribution >= 4 is 5.97 Å². The Bertz CT molecular complexity index is 140. The molecule has 1 saturated heterocycles. The van der Waals surface area contributed by atoms with E-state index in [0.717, 1.165) is 0 Å². The lowest BCUT2D eigenvalue weighted by Gasteiger charge is -2.13. The number of cyclic esters (lactones) is 1. The van der Waals surface area contributed by atoms with Crippen molar-refractivity contribution < 1.29 is 19.7 Å². The van der Waals surface area contributed by atoms with Crippen LogP contribution in [0.1, 0.15) is 6.92 Å². The van der Waals surface area contributed by atoms with Crippen molar-refractivity contribution in [2.45, 2.75) is 18.6 Å². The van der Waals surface area contributed by atoms with Crippen LogP contribution in [0, 0.1) is 0 Å². The van der Waals surface area contributed by atoms with Crippen LogP contribution in [0.25, 0.3) is 0 Å². The molecule has 1 heterocycles. The molecule has 0 spiro atoms. The zero-order chi connectivity index (χ0) is 7.07. The summed E-state index contributed by atoms with van der Waals surface area (Å²) in [5.74, 6) is -0.755. The van der Waals surface area contributed by atoms with Gasteiger partial charge in [0.15, 0.2) is 5.60 Å². The molecule has 0 aliphatic carbocycles. The van der Waals surface area contributed by atoms with Crippen LogP contribution in [0.5, 0.6) is 0 Å². The summed E-state index contributed by atoms with van der Waals surface area (Å²) in [4.78, 5) is 10.5. The molecule has 0 radical (unpaired) electrons. The highest BCUT2D eigenvalue weighted by Gasteiger charge is 2.46. The fourth-order valence-electron chi connectivity index (χ4n) is 0.599. The molecule has 0 amide bonds. The lowest BCUT2D eigenvalue weighted by molar-refractivity contribution is -0.153. The number of hydrogen-bond acceptors (Lipinski definition) is 4. The number of carbonyl (C=O) groups is 1. The molecule has 1 aliphatic rings. The van der Waals surface area contributed by atoms with Crippen LogP contribution in [0.3, 0.4) is 0 Å². The molecule has 1 aliphatic heterocycles. The maximum atomic E-state index is 10.5. The van der Waals surface area contributed by atoms with Gasteiger partial charge < -0.3 is 14.9 Å². The smallest absolute Gasteiger partial charge is 0.340 e. The van der Waals surface area contributed by atoms with Crippen LogP contribution >= 0.6 is 0 Å². The highest BCUT2D eigenvalue weighted by atomic mass is 16.6. The minimum atomic E-state index is -1.69. The lowest BCUT2D eigenvalue weighted by Crippen LogP contribution is -2.40. The maximum absolute atomic E-state index is 10.5. The van der Waals surface area contributed by atoms with Gasteiger partial charge in [0.05, 0.1) is 0 Å². The Labute approximate surface area is 52.1 Å². The fourth-order valence-corrected chi connectivity index (χ4v) is 0.599. The van der Waals surface area contributed by atoms with E-state index in [0.29, 0.717) is 0 Å². The molecular formula is C5H8O4. The Morgan fingerprint density at radius 3 is 2.56 bits per heavy atom. The van der Waals surface area contributed by atoms with Gasteiger partial charge in [-0.15, -0.1) is 0 Å². The molecule has 4 nitrogen and oxygen atoms in total. The molecule has 2 N–H and O–H groups in total. The topological polar surface area (TPSA) is 66.8 Å². The van der Waals surface area contributed by atoms with Crippen LogP contribution in [-0.4, -0.2) is 34.5 Å². The van der Waals surface area contributed by atoms with Crippen LogP contribution in [0.4, 0.5) is 0 Å². The molecular weight excluding hydrogens is 124 g/mol. The molecule has 0 unspecified atom stereocenters. The summed E-state index contributed by atoms with van der Waals surface area (Å²) in [5, 5.41) is 17.8. The van der Waals surface area contributed by atoms with Gasteiger partial charge in [0.25, 0.3) is 0 Å². The third kappa shape index (κ3) is 0.799. The van der Waals surface area contributed by atoms with E-state index < -0.39 is 17.7 Å². The first-order chi connectivity index (χ1) is 4.05. The fraction of sp³-hybridized carbons (Fsp3) is 0.800. The second kappa shape index (κ2) is 1.68. The third-order valence-electron chi connectivity index (χ3n) is 1.43. The highest BCUT2D eigenvalue weighted by molar-refractivity contribution is 5.81. The minimum Gasteiger partial charge on any atom is -0.461 e. The van der Waals surface area contributed by atoms with E-state index in [9.17, 15) is 4.79 Å². The van der Waals surface area contributed by atoms with Gasteiger partial charge in [-0.2, -0.15) is 0 Å². The molecule has 1 rings (SSSR count). The van der Waals surface area contributed by atoms with Gasteiger partial charge in [0.2, 0.25) is 0 Å². The first-order valence-corrected chi connectivity index (χ1v) is 2.63. The van der Waals surface area contributed by atoms with E-state index in [-0.39, 0.29) is 6.61 Å². The Hall–Kier alpha value is -0.610. The monoisotopic (exact) mass is 132 g/mol. The first kappa shape index (κ1) is 6.51. The number of hydrogen-bond donors (Lipinski definition) is 2. The molecule has 4 heteroatoms. The molecule has 0 bridgehead atoms. The van der Waals surface area contributed by atoms with Crippen LogP contribution < -0.4 is 0 Å². The zero-order valence-corrected chi connectivity index (χ0v) is 5.00. The van der Waals surface area contributed by atoms with E-state index in [1.165, 1.54) is 6.92 Å². The van der Waals surface area contributed by atoms with E-state index in [4.69, 9.17) is 10.2 Å². The van der Waals surface area contributed by atoms with E-state index in [1.807, 2.05) is 0 Å². The summed E-state index contributed by atoms with van der Waals surface area (Å²) in [6.45, 7) is 1.12. The van der Waals surface area contributed by atoms with Crippen molar-refractivity contribution in [3.63, 3.8) is 0 Å². The van der Waals surface area contributed by atoms with Crippen molar-refractivity contribution in [1.82, 2.24) is 0 Å². The minimum absolute atomic E-state index is 0.105. The van der Waals surface area contributed by atoms with Gasteiger partial charge in [-0.25, -0.2) is 4.79 Å². The van der Waals surface area contributed by atoms with Crippen LogP contribution in [0.2, 0.25) is 0 Å². The number of aliphatic hydroxyl groups is 2. The molecule has 52 valence electrons. The first-order valence-electron chi connectivity index (χ1n) is 2.63. The number of carbonyl (C=O) groups excluding carboxylic acids is 1. The van der Waals surface area contributed by atoms with Crippen molar-refractivity contribution in [3.05, 3.63) is 0 Å². The molecule has 0 saturated carbocycles. The number of aliphatic hydroxyl groups excluding tert-OH is 1. The van der Waals surface area contributed by atoms with E-state index in [1.54, 1.807) is 0 Å². The Morgan fingerprint density at radius 2 is 2.44 bits per heavy atom. The second-order valence-corrected chi connectivity index (χ2v) is 2.26. The van der Waals surface area contributed by atoms with Crippen molar-refractivity contribution in [2.75, 3.05) is 6.61 Å². The molecule has 0 aromatic rings. The Balaban J connectivity index is 2.78. The van der Waals surface area contributed by atoms with Crippen LogP contribution in [-0.2, 0) is 9.53 Å². The number of rotatable bonds is 0. The average Bonchev–Trinajstić information content (AvgIpc) is 1.96. The normalized spacial score (nSPS) is 43.0. The molecule has 0 aromatic carbocycles. The van der Waals surface area contributed by atoms with E-state index >= 15 is 0 Å². The SMILES string of the molecule is C[C@@]1(O)C(=O)OC[C@H]1O. The van der Waals surface area contributed by atoms with Gasteiger partial charge in [0.1, 0.15) is 12.7 Å². The van der Waals surface area contributed by atoms with Crippen LogP contribution in [0.15, 0.2) is 0 Å². The second-order valence-electron chi connectivity index (χ2n) is 2.26. The number of esters is 1. The average molecular weight is 132 g/mol.